The molecule has 0 heterocycles. The first-order valence-corrected chi connectivity index (χ1v) is 16.8. The highest BCUT2D eigenvalue weighted by atomic mass is 15.2. The summed E-state index contributed by atoms with van der Waals surface area (Å²) in [4.78, 5) is 4.32. The van der Waals surface area contributed by atoms with E-state index in [4.69, 9.17) is 0 Å². The van der Waals surface area contributed by atoms with Crippen molar-refractivity contribution in [1.82, 2.24) is 0 Å². The van der Waals surface area contributed by atoms with E-state index in [1.54, 1.807) is 36.4 Å². The first kappa shape index (κ1) is 35.4. The molecule has 0 bridgehead atoms. The van der Waals surface area contributed by atoms with Gasteiger partial charge < -0.3 is 9.80 Å². The van der Waals surface area contributed by atoms with Gasteiger partial charge in [-0.3, -0.25) is 0 Å². The van der Waals surface area contributed by atoms with Crippen molar-refractivity contribution in [3.63, 3.8) is 0 Å². The van der Waals surface area contributed by atoms with Crippen LogP contribution in [0.1, 0.15) is 17.5 Å². The average molecular weight is 693 g/mol. The molecular weight excluding hydrogens is 665 g/mol. The monoisotopic (exact) mass is 692 g/mol. The van der Waals surface area contributed by atoms with Crippen molar-refractivity contribution < 1.29 is 0 Å². The SMILES string of the molecule is N#CC(C#N)=C(C#N)c1ccc(N(c2ccccc2)c2ccc(-c3ccc(N(c4ccc(C(C#N)=C(C#N)C#N)cc4)C4C=CC=CC4)cc3)cc2)cc1. The molecule has 0 N–H and O–H groups in total. The third kappa shape index (κ3) is 7.37. The third-order valence-corrected chi connectivity index (χ3v) is 8.93. The third-order valence-electron chi connectivity index (χ3n) is 8.93. The lowest BCUT2D eigenvalue weighted by atomic mass is 9.99. The Labute approximate surface area is 314 Å². The van der Waals surface area contributed by atoms with E-state index in [9.17, 15) is 31.6 Å². The molecule has 5 aromatic rings. The number of allylic oxidation sites excluding steroid dienone is 6. The Hall–Kier alpha value is -8.40. The minimum absolute atomic E-state index is 0.0370. The first-order valence-electron chi connectivity index (χ1n) is 16.8. The van der Waals surface area contributed by atoms with Crippen molar-refractivity contribution in [2.45, 2.75) is 12.5 Å². The lowest BCUT2D eigenvalue weighted by molar-refractivity contribution is 0.785. The molecule has 54 heavy (non-hydrogen) atoms. The minimum Gasteiger partial charge on any atom is -0.334 e. The standard InChI is InChI=1S/C46H28N8/c47-27-37(28-48)45(31-51)35-15-23-43(24-16-35)53(39-7-3-1-4-8-39)41-19-11-33(12-20-41)34-13-21-42(22-14-34)54(40-9-5-2-6-10-40)44-25-17-36(18-26-44)46(32-52)38(29-49)30-50/h1-9,11-26,40H,10H2. The molecule has 1 unspecified atom stereocenters. The van der Waals surface area contributed by atoms with Crippen LogP contribution >= 0.6 is 0 Å². The molecule has 0 saturated carbocycles. The number of nitriles is 6. The van der Waals surface area contributed by atoms with Gasteiger partial charge in [0.05, 0.1) is 17.2 Å². The Morgan fingerprint density at radius 2 is 0.852 bits per heavy atom. The van der Waals surface area contributed by atoms with Crippen molar-refractivity contribution in [2.24, 2.45) is 0 Å². The van der Waals surface area contributed by atoms with Crippen LogP contribution in [0.4, 0.5) is 28.4 Å². The molecule has 1 aliphatic carbocycles. The topological polar surface area (TPSA) is 149 Å². The van der Waals surface area contributed by atoms with Crippen LogP contribution in [-0.2, 0) is 0 Å². The van der Waals surface area contributed by atoms with Crippen LogP contribution in [0.5, 0.6) is 0 Å². The Kier molecular flexibility index (Phi) is 10.8. The maximum atomic E-state index is 9.64. The molecule has 0 fully saturated rings. The number of hydrogen-bond acceptors (Lipinski definition) is 8. The molecule has 5 aromatic carbocycles. The second-order valence-electron chi connectivity index (χ2n) is 12.0. The number of benzene rings is 5. The maximum Gasteiger partial charge on any atom is 0.148 e. The van der Waals surface area contributed by atoms with E-state index >= 15 is 0 Å². The quantitative estimate of drug-likeness (QED) is 0.138. The van der Waals surface area contributed by atoms with E-state index in [0.29, 0.717) is 11.1 Å². The zero-order chi connectivity index (χ0) is 37.9. The summed E-state index contributed by atoms with van der Waals surface area (Å²) in [7, 11) is 0. The summed E-state index contributed by atoms with van der Waals surface area (Å²) in [5.74, 6) is 0. The fourth-order valence-corrected chi connectivity index (χ4v) is 6.30. The maximum absolute atomic E-state index is 9.64. The van der Waals surface area contributed by atoms with Crippen molar-refractivity contribution in [1.29, 1.82) is 31.6 Å². The highest BCUT2D eigenvalue weighted by molar-refractivity contribution is 5.87. The normalized spacial score (nSPS) is 12.3. The summed E-state index contributed by atoms with van der Waals surface area (Å²) in [6, 6.07) is 52.3. The smallest absolute Gasteiger partial charge is 0.148 e. The predicted molar refractivity (Wildman–Crippen MR) is 209 cm³/mol. The summed E-state index contributed by atoms with van der Waals surface area (Å²) in [5, 5.41) is 56.5. The molecule has 0 aromatic heterocycles. The van der Waals surface area contributed by atoms with Gasteiger partial charge in [0.25, 0.3) is 0 Å². The summed E-state index contributed by atoms with van der Waals surface area (Å²) in [6.07, 6.45) is 9.12. The zero-order valence-electron chi connectivity index (χ0n) is 28.8. The largest absolute Gasteiger partial charge is 0.334 e. The summed E-state index contributed by atoms with van der Waals surface area (Å²) in [5.41, 5.74) is 7.26. The van der Waals surface area contributed by atoms with Crippen LogP contribution in [0.2, 0.25) is 0 Å². The Morgan fingerprint density at radius 1 is 0.444 bits per heavy atom. The van der Waals surface area contributed by atoms with Crippen LogP contribution in [0.15, 0.2) is 163 Å². The highest BCUT2D eigenvalue weighted by Gasteiger charge is 2.20. The van der Waals surface area contributed by atoms with Gasteiger partial charge in [0, 0.05) is 28.4 Å². The average Bonchev–Trinajstić information content (AvgIpc) is 3.24. The van der Waals surface area contributed by atoms with Gasteiger partial charge in [-0.05, 0) is 89.3 Å². The second kappa shape index (κ2) is 16.5. The Bertz CT molecular complexity index is 2520. The zero-order valence-corrected chi connectivity index (χ0v) is 28.8. The van der Waals surface area contributed by atoms with E-state index in [2.05, 4.69) is 70.5 Å². The Morgan fingerprint density at radius 3 is 1.26 bits per heavy atom. The molecule has 8 nitrogen and oxygen atoms in total. The lowest BCUT2D eigenvalue weighted by Gasteiger charge is -2.33. The van der Waals surface area contributed by atoms with E-state index < -0.39 is 0 Å². The molecule has 0 spiro atoms. The van der Waals surface area contributed by atoms with Gasteiger partial charge >= 0.3 is 0 Å². The van der Waals surface area contributed by atoms with Gasteiger partial charge in [0.2, 0.25) is 0 Å². The molecule has 0 saturated heterocycles. The Balaban J connectivity index is 1.30. The number of nitrogens with zero attached hydrogens (tertiary/aromatic N) is 8. The van der Waals surface area contributed by atoms with Crippen molar-refractivity contribution in [3.8, 4) is 47.5 Å². The number of rotatable bonds is 9. The fourth-order valence-electron chi connectivity index (χ4n) is 6.30. The van der Waals surface area contributed by atoms with Crippen molar-refractivity contribution >= 4 is 39.6 Å². The predicted octanol–water partition coefficient (Wildman–Crippen LogP) is 10.5. The van der Waals surface area contributed by atoms with Gasteiger partial charge in [-0.2, -0.15) is 31.6 Å². The van der Waals surface area contributed by atoms with Crippen LogP contribution in [0, 0.1) is 68.0 Å². The molecule has 1 atom stereocenters. The van der Waals surface area contributed by atoms with Crippen LogP contribution in [0.3, 0.4) is 0 Å². The fraction of sp³-hybridized carbons (Fsp3) is 0.0435. The number of hydrogen-bond donors (Lipinski definition) is 0. The van der Waals surface area contributed by atoms with Gasteiger partial charge in [-0.15, -0.1) is 0 Å². The number of para-hydroxylation sites is 1. The van der Waals surface area contributed by atoms with Crippen molar-refractivity contribution in [3.05, 3.63) is 174 Å². The van der Waals surface area contributed by atoms with Gasteiger partial charge in [-0.25, -0.2) is 0 Å². The minimum atomic E-state index is -0.227. The van der Waals surface area contributed by atoms with Gasteiger partial charge in [0.15, 0.2) is 0 Å². The molecule has 0 radical (unpaired) electrons. The lowest BCUT2D eigenvalue weighted by Crippen LogP contribution is -2.29. The first-order chi connectivity index (χ1) is 26.5. The van der Waals surface area contributed by atoms with E-state index in [-0.39, 0.29) is 28.3 Å². The second-order valence-corrected chi connectivity index (χ2v) is 12.0. The number of anilines is 5. The van der Waals surface area contributed by atoms with Crippen LogP contribution in [0.25, 0.3) is 22.3 Å². The molecule has 0 aliphatic heterocycles. The van der Waals surface area contributed by atoms with Gasteiger partial charge in [-0.1, -0.05) is 91.0 Å². The van der Waals surface area contributed by atoms with E-state index in [1.807, 2.05) is 91.0 Å². The molecule has 6 rings (SSSR count). The summed E-state index contributed by atoms with van der Waals surface area (Å²) >= 11 is 0. The van der Waals surface area contributed by atoms with Gasteiger partial charge in [0.1, 0.15) is 47.6 Å². The molecular formula is C46H28N8. The molecule has 1 aliphatic rings. The van der Waals surface area contributed by atoms with Crippen molar-refractivity contribution in [2.75, 3.05) is 9.80 Å². The summed E-state index contributed by atoms with van der Waals surface area (Å²) in [6.45, 7) is 0. The molecule has 0 amide bonds. The van der Waals surface area contributed by atoms with Crippen LogP contribution < -0.4 is 9.80 Å². The van der Waals surface area contributed by atoms with Crippen LogP contribution in [-0.4, -0.2) is 6.04 Å². The van der Waals surface area contributed by atoms with E-state index in [0.717, 1.165) is 46.0 Å². The summed E-state index contributed by atoms with van der Waals surface area (Å²) < 4.78 is 0. The highest BCUT2D eigenvalue weighted by Crippen LogP contribution is 2.38. The van der Waals surface area contributed by atoms with E-state index in [1.165, 1.54) is 0 Å². The molecule has 252 valence electrons. The molecule has 8 heteroatoms.